The van der Waals surface area contributed by atoms with Gasteiger partial charge >= 0.3 is 0 Å². The van der Waals surface area contributed by atoms with Gasteiger partial charge in [-0.2, -0.15) is 11.8 Å². The number of hydrogen-bond donors (Lipinski definition) is 1. The maximum Gasteiger partial charge on any atom is 0.248 e. The van der Waals surface area contributed by atoms with Gasteiger partial charge in [-0.3, -0.25) is 9.59 Å². The highest BCUT2D eigenvalue weighted by Gasteiger charge is 2.48. The van der Waals surface area contributed by atoms with Gasteiger partial charge in [-0.15, -0.1) is 0 Å². The van der Waals surface area contributed by atoms with Crippen LogP contribution in [0, 0.1) is 5.92 Å². The molecule has 0 aromatic carbocycles. The van der Waals surface area contributed by atoms with Crippen LogP contribution >= 0.6 is 11.8 Å². The summed E-state index contributed by atoms with van der Waals surface area (Å²) in [6.07, 6.45) is 2.15. The second kappa shape index (κ2) is 5.35. The highest BCUT2D eigenvalue weighted by atomic mass is 32.2. The van der Waals surface area contributed by atoms with E-state index in [1.54, 1.807) is 13.8 Å². The molecule has 19 heavy (non-hydrogen) atoms. The van der Waals surface area contributed by atoms with Gasteiger partial charge in [-0.05, 0) is 38.4 Å². The largest absolute Gasteiger partial charge is 0.340 e. The Bertz CT molecular complexity index is 376. The average molecular weight is 284 g/mol. The number of rotatable bonds is 2. The molecule has 2 aliphatic rings. The van der Waals surface area contributed by atoms with E-state index in [0.29, 0.717) is 0 Å². The minimum atomic E-state index is -0.773. The molecule has 1 N–H and O–H groups in total. The van der Waals surface area contributed by atoms with Crippen molar-refractivity contribution < 1.29 is 9.59 Å². The summed E-state index contributed by atoms with van der Waals surface area (Å²) in [6, 6.07) is -0.104. The molecule has 0 bridgehead atoms. The Balaban J connectivity index is 2.31. The van der Waals surface area contributed by atoms with Gasteiger partial charge in [0.25, 0.3) is 0 Å². The molecule has 2 aliphatic heterocycles. The first-order valence-electron chi connectivity index (χ1n) is 7.07. The fourth-order valence-corrected chi connectivity index (χ4v) is 4.11. The van der Waals surface area contributed by atoms with Crippen molar-refractivity contribution in [1.29, 1.82) is 0 Å². The second-order valence-corrected chi connectivity index (χ2v) is 7.54. The van der Waals surface area contributed by atoms with Crippen LogP contribution in [0.4, 0.5) is 0 Å². The average Bonchev–Trinajstić information content (AvgIpc) is 2.33. The number of amides is 2. The summed E-state index contributed by atoms with van der Waals surface area (Å²) in [4.78, 5) is 26.9. The van der Waals surface area contributed by atoms with Gasteiger partial charge in [-0.25, -0.2) is 0 Å². The standard InChI is InChI=1S/C14H24N2O2S/c1-9(2)11-12(17)15-14(3,4)13(18)16(11)10-6-5-7-19-8-10/h9-11H,5-8H2,1-4H3,(H,15,17). The first kappa shape index (κ1) is 14.7. The summed E-state index contributed by atoms with van der Waals surface area (Å²) >= 11 is 1.89. The normalized spacial score (nSPS) is 31.5. The zero-order valence-electron chi connectivity index (χ0n) is 12.2. The van der Waals surface area contributed by atoms with E-state index in [1.807, 2.05) is 30.5 Å². The Morgan fingerprint density at radius 3 is 2.58 bits per heavy atom. The molecule has 0 aliphatic carbocycles. The van der Waals surface area contributed by atoms with Gasteiger partial charge in [-0.1, -0.05) is 13.8 Å². The van der Waals surface area contributed by atoms with Crippen LogP contribution in [-0.4, -0.2) is 45.8 Å². The summed E-state index contributed by atoms with van der Waals surface area (Å²) in [5, 5.41) is 2.87. The maximum atomic E-state index is 12.7. The van der Waals surface area contributed by atoms with Crippen molar-refractivity contribution in [3.05, 3.63) is 0 Å². The lowest BCUT2D eigenvalue weighted by Crippen LogP contribution is -2.71. The molecule has 2 saturated heterocycles. The van der Waals surface area contributed by atoms with E-state index in [2.05, 4.69) is 5.32 Å². The van der Waals surface area contributed by atoms with E-state index in [-0.39, 0.29) is 29.8 Å². The van der Waals surface area contributed by atoms with E-state index in [4.69, 9.17) is 0 Å². The van der Waals surface area contributed by atoms with Crippen molar-refractivity contribution >= 4 is 23.6 Å². The molecule has 2 heterocycles. The van der Waals surface area contributed by atoms with Crippen LogP contribution in [0.5, 0.6) is 0 Å². The second-order valence-electron chi connectivity index (χ2n) is 6.39. The van der Waals surface area contributed by atoms with Gasteiger partial charge < -0.3 is 10.2 Å². The molecule has 5 heteroatoms. The Hall–Kier alpha value is -0.710. The summed E-state index contributed by atoms with van der Waals surface area (Å²) in [5.74, 6) is 2.33. The van der Waals surface area contributed by atoms with Crippen molar-refractivity contribution in [2.75, 3.05) is 11.5 Å². The van der Waals surface area contributed by atoms with Gasteiger partial charge in [0.15, 0.2) is 0 Å². The zero-order valence-corrected chi connectivity index (χ0v) is 13.0. The number of carbonyl (C=O) groups is 2. The topological polar surface area (TPSA) is 49.4 Å². The summed E-state index contributed by atoms with van der Waals surface area (Å²) in [7, 11) is 0. The molecule has 2 fully saturated rings. The highest BCUT2D eigenvalue weighted by Crippen LogP contribution is 2.30. The molecule has 2 amide bonds. The predicted molar refractivity (Wildman–Crippen MR) is 78.0 cm³/mol. The van der Waals surface area contributed by atoms with Gasteiger partial charge in [0.1, 0.15) is 11.6 Å². The van der Waals surface area contributed by atoms with Crippen molar-refractivity contribution in [3.8, 4) is 0 Å². The van der Waals surface area contributed by atoms with E-state index < -0.39 is 5.54 Å². The summed E-state index contributed by atoms with van der Waals surface area (Å²) in [6.45, 7) is 7.62. The molecule has 0 aromatic rings. The third-order valence-corrected chi connectivity index (χ3v) is 5.13. The van der Waals surface area contributed by atoms with Crippen molar-refractivity contribution in [2.45, 2.75) is 58.2 Å². The lowest BCUT2D eigenvalue weighted by atomic mass is 9.89. The SMILES string of the molecule is CC(C)C1C(=O)NC(C)(C)C(=O)N1C1CCCSC1. The number of carbonyl (C=O) groups excluding carboxylic acids is 2. The van der Waals surface area contributed by atoms with Crippen molar-refractivity contribution in [1.82, 2.24) is 10.2 Å². The highest BCUT2D eigenvalue weighted by molar-refractivity contribution is 7.99. The fraction of sp³-hybridized carbons (Fsp3) is 0.857. The number of piperazine rings is 1. The molecule has 2 unspecified atom stereocenters. The lowest BCUT2D eigenvalue weighted by Gasteiger charge is -2.48. The molecule has 0 spiro atoms. The van der Waals surface area contributed by atoms with Gasteiger partial charge in [0, 0.05) is 11.8 Å². The van der Waals surface area contributed by atoms with Gasteiger partial charge in [0.2, 0.25) is 11.8 Å². The van der Waals surface area contributed by atoms with Crippen LogP contribution in [0.15, 0.2) is 0 Å². The van der Waals surface area contributed by atoms with Gasteiger partial charge in [0.05, 0.1) is 0 Å². The quantitative estimate of drug-likeness (QED) is 0.839. The third-order valence-electron chi connectivity index (χ3n) is 3.93. The number of thioether (sulfide) groups is 1. The van der Waals surface area contributed by atoms with E-state index in [9.17, 15) is 9.59 Å². The Kier molecular flexibility index (Phi) is 4.14. The third kappa shape index (κ3) is 2.76. The number of hydrogen-bond acceptors (Lipinski definition) is 3. The first-order chi connectivity index (χ1) is 8.84. The van der Waals surface area contributed by atoms with Crippen molar-refractivity contribution in [2.24, 2.45) is 5.92 Å². The Morgan fingerprint density at radius 2 is 2.05 bits per heavy atom. The van der Waals surface area contributed by atoms with E-state index in [1.165, 1.54) is 5.75 Å². The number of nitrogens with one attached hydrogen (secondary N) is 1. The number of nitrogens with zero attached hydrogens (tertiary/aromatic N) is 1. The lowest BCUT2D eigenvalue weighted by molar-refractivity contribution is -0.158. The molecule has 2 rings (SSSR count). The maximum absolute atomic E-state index is 12.7. The predicted octanol–water partition coefficient (Wildman–Crippen LogP) is 1.64. The monoisotopic (exact) mass is 284 g/mol. The van der Waals surface area contributed by atoms with E-state index >= 15 is 0 Å². The molecule has 108 valence electrons. The molecule has 0 saturated carbocycles. The van der Waals surface area contributed by atoms with Crippen LogP contribution in [0.2, 0.25) is 0 Å². The van der Waals surface area contributed by atoms with Crippen LogP contribution in [0.25, 0.3) is 0 Å². The first-order valence-corrected chi connectivity index (χ1v) is 8.22. The molecule has 0 radical (unpaired) electrons. The minimum Gasteiger partial charge on any atom is -0.340 e. The van der Waals surface area contributed by atoms with Crippen molar-refractivity contribution in [3.63, 3.8) is 0 Å². The smallest absolute Gasteiger partial charge is 0.248 e. The Morgan fingerprint density at radius 1 is 1.37 bits per heavy atom. The van der Waals surface area contributed by atoms with Crippen LogP contribution in [0.1, 0.15) is 40.5 Å². The Labute approximate surface area is 119 Å². The zero-order chi connectivity index (χ0) is 14.2. The van der Waals surface area contributed by atoms with Crippen LogP contribution in [-0.2, 0) is 9.59 Å². The minimum absolute atomic E-state index is 0.00447. The molecule has 0 aromatic heterocycles. The molecular formula is C14H24N2O2S. The molecular weight excluding hydrogens is 260 g/mol. The van der Waals surface area contributed by atoms with Crippen LogP contribution in [0.3, 0.4) is 0 Å². The molecule has 4 nitrogen and oxygen atoms in total. The van der Waals surface area contributed by atoms with E-state index in [0.717, 1.165) is 18.6 Å². The van der Waals surface area contributed by atoms with Crippen LogP contribution < -0.4 is 5.32 Å². The summed E-state index contributed by atoms with van der Waals surface area (Å²) < 4.78 is 0. The molecule has 2 atom stereocenters. The fourth-order valence-electron chi connectivity index (χ4n) is 2.97. The summed E-state index contributed by atoms with van der Waals surface area (Å²) in [5.41, 5.74) is -0.773.